The van der Waals surface area contributed by atoms with Crippen molar-refractivity contribution in [3.63, 3.8) is 0 Å². The first kappa shape index (κ1) is 16.2. The third-order valence-corrected chi connectivity index (χ3v) is 4.28. The Kier molecular flexibility index (Phi) is 5.92. The number of hydrogen-bond acceptors (Lipinski definition) is 2. The number of halogens is 2. The van der Waals surface area contributed by atoms with E-state index in [-0.39, 0.29) is 6.04 Å². The summed E-state index contributed by atoms with van der Waals surface area (Å²) >= 11 is 12.4. The van der Waals surface area contributed by atoms with Gasteiger partial charge in [-0.3, -0.25) is 0 Å². The van der Waals surface area contributed by atoms with E-state index in [0.29, 0.717) is 10.0 Å². The summed E-state index contributed by atoms with van der Waals surface area (Å²) in [6.45, 7) is 2.95. The van der Waals surface area contributed by atoms with Crippen LogP contribution >= 0.6 is 23.2 Å². The molecule has 1 unspecified atom stereocenters. The molecular weight excluding hydrogens is 305 g/mol. The Morgan fingerprint density at radius 2 is 1.86 bits per heavy atom. The van der Waals surface area contributed by atoms with Crippen molar-refractivity contribution in [3.05, 3.63) is 63.6 Å². The highest BCUT2D eigenvalue weighted by Gasteiger charge is 2.17. The second-order valence-electron chi connectivity index (χ2n) is 4.77. The van der Waals surface area contributed by atoms with Gasteiger partial charge in [-0.15, -0.1) is 0 Å². The molecule has 0 radical (unpaired) electrons. The van der Waals surface area contributed by atoms with E-state index in [2.05, 4.69) is 18.3 Å². The van der Waals surface area contributed by atoms with Crippen LogP contribution in [0.25, 0.3) is 0 Å². The summed E-state index contributed by atoms with van der Waals surface area (Å²) in [7, 11) is 1.69. The number of ether oxygens (including phenoxy) is 1. The zero-order valence-electron chi connectivity index (χ0n) is 12.2. The average Bonchev–Trinajstić information content (AvgIpc) is 2.51. The second-order valence-corrected chi connectivity index (χ2v) is 5.55. The molecule has 0 bridgehead atoms. The fourth-order valence-electron chi connectivity index (χ4n) is 2.42. The van der Waals surface area contributed by atoms with Gasteiger partial charge in [-0.05, 0) is 30.7 Å². The summed E-state index contributed by atoms with van der Waals surface area (Å²) in [6.07, 6.45) is 0.758. The van der Waals surface area contributed by atoms with Crippen molar-refractivity contribution in [1.82, 2.24) is 5.32 Å². The minimum atomic E-state index is 0.127. The average molecular weight is 324 g/mol. The van der Waals surface area contributed by atoms with E-state index in [1.54, 1.807) is 13.2 Å². The van der Waals surface area contributed by atoms with Crippen molar-refractivity contribution in [2.24, 2.45) is 0 Å². The number of methoxy groups -OCH3 is 1. The topological polar surface area (TPSA) is 21.3 Å². The first-order valence-corrected chi connectivity index (χ1v) is 7.72. The largest absolute Gasteiger partial charge is 0.496 e. The maximum atomic E-state index is 6.31. The predicted molar refractivity (Wildman–Crippen MR) is 89.6 cm³/mol. The highest BCUT2D eigenvalue weighted by molar-refractivity contribution is 6.42. The van der Waals surface area contributed by atoms with Gasteiger partial charge < -0.3 is 10.1 Å². The lowest BCUT2D eigenvalue weighted by molar-refractivity contribution is 0.399. The Balaban J connectivity index is 2.33. The monoisotopic (exact) mass is 323 g/mol. The van der Waals surface area contributed by atoms with E-state index in [4.69, 9.17) is 27.9 Å². The first-order valence-electron chi connectivity index (χ1n) is 6.96. The Hall–Kier alpha value is -1.22. The Morgan fingerprint density at radius 3 is 2.57 bits per heavy atom. The molecule has 0 aliphatic rings. The quantitative estimate of drug-likeness (QED) is 0.816. The minimum Gasteiger partial charge on any atom is -0.496 e. The Bertz CT molecular complexity index is 601. The lowest BCUT2D eigenvalue weighted by atomic mass is 9.98. The zero-order chi connectivity index (χ0) is 15.2. The molecule has 0 aromatic heterocycles. The van der Waals surface area contributed by atoms with Crippen LogP contribution in [0.4, 0.5) is 0 Å². The summed E-state index contributed by atoms with van der Waals surface area (Å²) in [6, 6.07) is 13.9. The standard InChI is InChI=1S/C17H19Cl2NO/c1-3-20-15(13-8-4-5-10-16(13)21-2)11-12-7-6-9-14(18)17(12)19/h4-10,15,20H,3,11H2,1-2H3. The maximum absolute atomic E-state index is 6.31. The number of benzene rings is 2. The van der Waals surface area contributed by atoms with Gasteiger partial charge in [-0.2, -0.15) is 0 Å². The molecule has 2 rings (SSSR count). The molecule has 112 valence electrons. The molecule has 1 atom stereocenters. The van der Waals surface area contributed by atoms with Crippen LogP contribution in [-0.2, 0) is 6.42 Å². The second kappa shape index (κ2) is 7.69. The van der Waals surface area contributed by atoms with Crippen molar-refractivity contribution in [1.29, 1.82) is 0 Å². The molecule has 1 N–H and O–H groups in total. The number of para-hydroxylation sites is 1. The predicted octanol–water partition coefficient (Wildman–Crippen LogP) is 4.90. The van der Waals surface area contributed by atoms with Gasteiger partial charge in [0.05, 0.1) is 17.2 Å². The number of nitrogens with one attached hydrogen (secondary N) is 1. The molecule has 0 saturated carbocycles. The molecule has 2 aromatic rings. The van der Waals surface area contributed by atoms with E-state index in [1.165, 1.54) is 0 Å². The van der Waals surface area contributed by atoms with Crippen LogP contribution in [0, 0.1) is 0 Å². The van der Waals surface area contributed by atoms with Gasteiger partial charge in [-0.25, -0.2) is 0 Å². The van der Waals surface area contributed by atoms with E-state index in [1.807, 2.05) is 30.3 Å². The SMILES string of the molecule is CCNC(Cc1cccc(Cl)c1Cl)c1ccccc1OC. The number of rotatable bonds is 6. The van der Waals surface area contributed by atoms with E-state index in [9.17, 15) is 0 Å². The van der Waals surface area contributed by atoms with Gasteiger partial charge in [0.15, 0.2) is 0 Å². The molecule has 21 heavy (non-hydrogen) atoms. The zero-order valence-corrected chi connectivity index (χ0v) is 13.7. The van der Waals surface area contributed by atoms with Crippen molar-refractivity contribution in [2.75, 3.05) is 13.7 Å². The minimum absolute atomic E-state index is 0.127. The lowest BCUT2D eigenvalue weighted by Gasteiger charge is -2.21. The van der Waals surface area contributed by atoms with E-state index in [0.717, 1.165) is 29.8 Å². The van der Waals surface area contributed by atoms with Gasteiger partial charge in [0.2, 0.25) is 0 Å². The summed E-state index contributed by atoms with van der Waals surface area (Å²) < 4.78 is 5.47. The maximum Gasteiger partial charge on any atom is 0.123 e. The van der Waals surface area contributed by atoms with Crippen LogP contribution < -0.4 is 10.1 Å². The molecule has 2 nitrogen and oxygen atoms in total. The van der Waals surface area contributed by atoms with E-state index < -0.39 is 0 Å². The van der Waals surface area contributed by atoms with Crippen molar-refractivity contribution < 1.29 is 4.74 Å². The summed E-state index contributed by atoms with van der Waals surface area (Å²) in [5.74, 6) is 0.876. The summed E-state index contributed by atoms with van der Waals surface area (Å²) in [4.78, 5) is 0. The smallest absolute Gasteiger partial charge is 0.123 e. The fourth-order valence-corrected chi connectivity index (χ4v) is 2.82. The van der Waals surface area contributed by atoms with E-state index >= 15 is 0 Å². The van der Waals surface area contributed by atoms with Crippen molar-refractivity contribution in [3.8, 4) is 5.75 Å². The van der Waals surface area contributed by atoms with Gasteiger partial charge in [0.25, 0.3) is 0 Å². The normalized spacial score (nSPS) is 12.2. The van der Waals surface area contributed by atoms with Gasteiger partial charge in [-0.1, -0.05) is 60.5 Å². The molecule has 0 aliphatic heterocycles. The molecule has 0 fully saturated rings. The highest BCUT2D eigenvalue weighted by Crippen LogP contribution is 2.32. The molecule has 0 heterocycles. The third kappa shape index (κ3) is 3.91. The van der Waals surface area contributed by atoms with Crippen LogP contribution in [0.3, 0.4) is 0 Å². The van der Waals surface area contributed by atoms with Gasteiger partial charge in [0, 0.05) is 11.6 Å². The molecule has 0 spiro atoms. The van der Waals surface area contributed by atoms with Gasteiger partial charge in [0.1, 0.15) is 5.75 Å². The Labute approximate surface area is 136 Å². The van der Waals surface area contributed by atoms with Crippen LogP contribution in [0.2, 0.25) is 10.0 Å². The van der Waals surface area contributed by atoms with Crippen LogP contribution in [0.1, 0.15) is 24.1 Å². The molecule has 2 aromatic carbocycles. The number of hydrogen-bond donors (Lipinski definition) is 1. The first-order chi connectivity index (χ1) is 10.2. The van der Waals surface area contributed by atoms with Crippen molar-refractivity contribution >= 4 is 23.2 Å². The Morgan fingerprint density at radius 1 is 1.10 bits per heavy atom. The highest BCUT2D eigenvalue weighted by atomic mass is 35.5. The summed E-state index contributed by atoms with van der Waals surface area (Å²) in [5, 5.41) is 4.70. The molecule has 0 saturated heterocycles. The van der Waals surface area contributed by atoms with Crippen LogP contribution in [0.5, 0.6) is 5.75 Å². The molecular formula is C17H19Cl2NO. The molecule has 0 aliphatic carbocycles. The fraction of sp³-hybridized carbons (Fsp3) is 0.294. The third-order valence-electron chi connectivity index (χ3n) is 3.42. The van der Waals surface area contributed by atoms with Crippen LogP contribution in [-0.4, -0.2) is 13.7 Å². The summed E-state index contributed by atoms with van der Waals surface area (Å²) in [5.41, 5.74) is 2.15. The molecule has 4 heteroatoms. The lowest BCUT2D eigenvalue weighted by Crippen LogP contribution is -2.23. The van der Waals surface area contributed by atoms with Crippen LogP contribution in [0.15, 0.2) is 42.5 Å². The van der Waals surface area contributed by atoms with Gasteiger partial charge >= 0.3 is 0 Å². The molecule has 0 amide bonds. The van der Waals surface area contributed by atoms with Crippen molar-refractivity contribution in [2.45, 2.75) is 19.4 Å². The number of likely N-dealkylation sites (N-methyl/N-ethyl adjacent to an activating group) is 1.